The predicted octanol–water partition coefficient (Wildman–Crippen LogP) is 4.16. The molecular weight excluding hydrogens is 322 g/mol. The van der Waals surface area contributed by atoms with E-state index < -0.39 is 0 Å². The first-order valence-corrected chi connectivity index (χ1v) is 10.3. The fourth-order valence-corrected chi connectivity index (χ4v) is 5.40. The van der Waals surface area contributed by atoms with Gasteiger partial charge in [-0.25, -0.2) is 4.68 Å². The summed E-state index contributed by atoms with van der Waals surface area (Å²) in [5, 5.41) is 4.84. The molecule has 26 heavy (non-hydrogen) atoms. The van der Waals surface area contributed by atoms with Crippen molar-refractivity contribution in [3.63, 3.8) is 0 Å². The number of rotatable bonds is 2. The second kappa shape index (κ2) is 6.57. The van der Waals surface area contributed by atoms with Gasteiger partial charge < -0.3 is 4.90 Å². The van der Waals surface area contributed by atoms with Crippen LogP contribution in [0.25, 0.3) is 5.69 Å². The number of para-hydroxylation sites is 1. The molecular formula is C22H27N3O. The molecule has 0 radical (unpaired) electrons. The molecule has 4 nitrogen and oxygen atoms in total. The molecule has 4 heteroatoms. The van der Waals surface area contributed by atoms with Crippen molar-refractivity contribution in [2.45, 2.75) is 63.8 Å². The Morgan fingerprint density at radius 1 is 0.962 bits per heavy atom. The molecule has 1 aromatic heterocycles. The van der Waals surface area contributed by atoms with Gasteiger partial charge in [-0.1, -0.05) is 31.0 Å². The molecule has 1 aromatic carbocycles. The average molecular weight is 349 g/mol. The summed E-state index contributed by atoms with van der Waals surface area (Å²) in [4.78, 5) is 15.7. The summed E-state index contributed by atoms with van der Waals surface area (Å²) in [5.74, 6) is 0.903. The molecule has 2 atom stereocenters. The molecule has 1 amide bonds. The van der Waals surface area contributed by atoms with Crippen LogP contribution < -0.4 is 0 Å². The summed E-state index contributed by atoms with van der Waals surface area (Å²) >= 11 is 0. The van der Waals surface area contributed by atoms with Crippen molar-refractivity contribution >= 4 is 5.91 Å². The maximum Gasteiger partial charge on any atom is 0.274 e. The van der Waals surface area contributed by atoms with E-state index in [2.05, 4.69) is 17.0 Å². The van der Waals surface area contributed by atoms with Gasteiger partial charge in [0, 0.05) is 23.8 Å². The van der Waals surface area contributed by atoms with Crippen molar-refractivity contribution < 1.29 is 4.79 Å². The highest BCUT2D eigenvalue weighted by Crippen LogP contribution is 2.37. The molecule has 1 saturated heterocycles. The van der Waals surface area contributed by atoms with Gasteiger partial charge in [-0.05, 0) is 63.0 Å². The summed E-state index contributed by atoms with van der Waals surface area (Å²) in [5.41, 5.74) is 4.25. The van der Waals surface area contributed by atoms with Crippen LogP contribution in [-0.2, 0) is 12.8 Å². The van der Waals surface area contributed by atoms with Crippen molar-refractivity contribution in [1.29, 1.82) is 0 Å². The van der Waals surface area contributed by atoms with Crippen molar-refractivity contribution in [3.05, 3.63) is 47.3 Å². The third-order valence-electron chi connectivity index (χ3n) is 6.64. The number of fused-ring (bicyclic) bond motifs is 2. The molecule has 5 rings (SSSR count). The lowest BCUT2D eigenvalue weighted by Gasteiger charge is -2.44. The molecule has 136 valence electrons. The average Bonchev–Trinajstić information content (AvgIpc) is 3.30. The lowest BCUT2D eigenvalue weighted by atomic mass is 9.78. The molecule has 0 spiro atoms. The SMILES string of the molecule is O=C(c1nn(-c2ccccc2)c2c1CCC2)N1CCC[C@@H]2CCCC[C@H]21. The van der Waals surface area contributed by atoms with E-state index in [1.54, 1.807) is 0 Å². The van der Waals surface area contributed by atoms with Crippen LogP contribution in [0.4, 0.5) is 0 Å². The Balaban J connectivity index is 1.51. The highest BCUT2D eigenvalue weighted by Gasteiger charge is 2.38. The maximum atomic E-state index is 13.5. The van der Waals surface area contributed by atoms with Crippen LogP contribution >= 0.6 is 0 Å². The van der Waals surface area contributed by atoms with Crippen molar-refractivity contribution in [2.75, 3.05) is 6.54 Å². The fraction of sp³-hybridized carbons (Fsp3) is 0.545. The van der Waals surface area contributed by atoms with Crippen LogP contribution in [-0.4, -0.2) is 33.2 Å². The smallest absolute Gasteiger partial charge is 0.274 e. The third-order valence-corrected chi connectivity index (χ3v) is 6.64. The Morgan fingerprint density at radius 3 is 2.65 bits per heavy atom. The van der Waals surface area contributed by atoms with Gasteiger partial charge in [0.05, 0.1) is 5.69 Å². The number of benzene rings is 1. The van der Waals surface area contributed by atoms with Gasteiger partial charge in [0.2, 0.25) is 0 Å². The van der Waals surface area contributed by atoms with E-state index in [0.717, 1.165) is 43.6 Å². The van der Waals surface area contributed by atoms with Gasteiger partial charge >= 0.3 is 0 Å². The normalized spacial score (nSPS) is 25.0. The number of carbonyl (C=O) groups excluding carboxylic acids is 1. The molecule has 2 fully saturated rings. The van der Waals surface area contributed by atoms with Gasteiger partial charge in [-0.15, -0.1) is 0 Å². The number of hydrogen-bond donors (Lipinski definition) is 0. The number of carbonyl (C=O) groups is 1. The standard InChI is InChI=1S/C22H27N3O/c26-22(24-15-7-9-16-8-4-5-13-19(16)24)21-18-12-6-14-20(18)25(23-21)17-10-2-1-3-11-17/h1-3,10-11,16,19H,4-9,12-15H2/t16-,19+/m0/s1. The monoisotopic (exact) mass is 349 g/mol. The Kier molecular flexibility index (Phi) is 4.07. The highest BCUT2D eigenvalue weighted by atomic mass is 16.2. The van der Waals surface area contributed by atoms with Crippen LogP contribution in [0.15, 0.2) is 30.3 Å². The molecule has 0 N–H and O–H groups in total. The zero-order valence-electron chi connectivity index (χ0n) is 15.4. The zero-order valence-corrected chi connectivity index (χ0v) is 15.4. The molecule has 2 aliphatic carbocycles. The molecule has 1 aliphatic heterocycles. The second-order valence-electron chi connectivity index (χ2n) is 8.13. The highest BCUT2D eigenvalue weighted by molar-refractivity contribution is 5.94. The first-order valence-electron chi connectivity index (χ1n) is 10.3. The van der Waals surface area contributed by atoms with Gasteiger partial charge in [0.1, 0.15) is 0 Å². The summed E-state index contributed by atoms with van der Waals surface area (Å²) < 4.78 is 2.03. The van der Waals surface area contributed by atoms with Crippen LogP contribution in [0.5, 0.6) is 0 Å². The minimum Gasteiger partial charge on any atom is -0.334 e. The molecule has 1 saturated carbocycles. The quantitative estimate of drug-likeness (QED) is 0.817. The van der Waals surface area contributed by atoms with E-state index in [4.69, 9.17) is 5.10 Å². The molecule has 2 heterocycles. The Labute approximate surface area is 155 Å². The summed E-state index contributed by atoms with van der Waals surface area (Å²) in [6, 6.07) is 10.7. The Hall–Kier alpha value is -2.10. The van der Waals surface area contributed by atoms with Crippen molar-refractivity contribution in [3.8, 4) is 5.69 Å². The largest absolute Gasteiger partial charge is 0.334 e. The van der Waals surface area contributed by atoms with E-state index in [1.165, 1.54) is 43.4 Å². The van der Waals surface area contributed by atoms with Crippen molar-refractivity contribution in [1.82, 2.24) is 14.7 Å². The Bertz CT molecular complexity index is 808. The zero-order chi connectivity index (χ0) is 17.5. The molecule has 3 aliphatic rings. The Morgan fingerprint density at radius 2 is 1.77 bits per heavy atom. The van der Waals surface area contributed by atoms with Gasteiger partial charge in [-0.3, -0.25) is 4.79 Å². The number of amides is 1. The third kappa shape index (κ3) is 2.58. The van der Waals surface area contributed by atoms with Crippen LogP contribution in [0.1, 0.15) is 66.7 Å². The van der Waals surface area contributed by atoms with E-state index >= 15 is 0 Å². The predicted molar refractivity (Wildman–Crippen MR) is 102 cm³/mol. The lowest BCUT2D eigenvalue weighted by molar-refractivity contribution is 0.0384. The van der Waals surface area contributed by atoms with E-state index in [0.29, 0.717) is 12.0 Å². The second-order valence-corrected chi connectivity index (χ2v) is 8.13. The van der Waals surface area contributed by atoms with E-state index in [9.17, 15) is 4.79 Å². The first-order chi connectivity index (χ1) is 12.8. The molecule has 0 bridgehead atoms. The summed E-state index contributed by atoms with van der Waals surface area (Å²) in [6.07, 6.45) is 10.7. The van der Waals surface area contributed by atoms with Crippen LogP contribution in [0.3, 0.4) is 0 Å². The van der Waals surface area contributed by atoms with Gasteiger partial charge in [-0.2, -0.15) is 5.10 Å². The summed E-state index contributed by atoms with van der Waals surface area (Å²) in [6.45, 7) is 0.910. The number of likely N-dealkylation sites (tertiary alicyclic amines) is 1. The molecule has 0 unspecified atom stereocenters. The molecule has 2 aromatic rings. The topological polar surface area (TPSA) is 38.1 Å². The first kappa shape index (κ1) is 16.1. The minimum absolute atomic E-state index is 0.189. The number of hydrogen-bond acceptors (Lipinski definition) is 2. The van der Waals surface area contributed by atoms with Gasteiger partial charge in [0.15, 0.2) is 5.69 Å². The number of piperidine rings is 1. The number of nitrogens with zero attached hydrogens (tertiary/aromatic N) is 3. The summed E-state index contributed by atoms with van der Waals surface area (Å²) in [7, 11) is 0. The maximum absolute atomic E-state index is 13.5. The number of aromatic nitrogens is 2. The minimum atomic E-state index is 0.189. The van der Waals surface area contributed by atoms with Crippen LogP contribution in [0, 0.1) is 5.92 Å². The van der Waals surface area contributed by atoms with Gasteiger partial charge in [0.25, 0.3) is 5.91 Å². The fourth-order valence-electron chi connectivity index (χ4n) is 5.40. The van der Waals surface area contributed by atoms with E-state index in [-0.39, 0.29) is 5.91 Å². The van der Waals surface area contributed by atoms with Crippen molar-refractivity contribution in [2.24, 2.45) is 5.92 Å². The lowest BCUT2D eigenvalue weighted by Crippen LogP contribution is -2.49. The van der Waals surface area contributed by atoms with E-state index in [1.807, 2.05) is 22.9 Å². The van der Waals surface area contributed by atoms with Crippen LogP contribution in [0.2, 0.25) is 0 Å².